The molecule has 1 aromatic heterocycles. The van der Waals surface area contributed by atoms with Gasteiger partial charge in [-0.15, -0.1) is 0 Å². The average molecular weight is 522 g/mol. The molecule has 2 aromatic carbocycles. The van der Waals surface area contributed by atoms with E-state index in [1.807, 2.05) is 0 Å². The second-order valence-electron chi connectivity index (χ2n) is 7.40. The Morgan fingerprint density at radius 2 is 1.83 bits per heavy atom. The summed E-state index contributed by atoms with van der Waals surface area (Å²) in [4.78, 5) is 22.9. The Hall–Kier alpha value is -3.88. The fourth-order valence-electron chi connectivity index (χ4n) is 3.55. The molecule has 4 rings (SSSR count). The molecule has 0 amide bonds. The van der Waals surface area contributed by atoms with Gasteiger partial charge in [0.2, 0.25) is 0 Å². The van der Waals surface area contributed by atoms with E-state index in [9.17, 15) is 31.5 Å². The molecule has 0 unspecified atom stereocenters. The van der Waals surface area contributed by atoms with Gasteiger partial charge in [-0.3, -0.25) is 0 Å². The molecule has 0 radical (unpaired) electrons. The number of carbonyl (C=O) groups excluding carboxylic acids is 1. The number of aromatic nitrogens is 1. The highest BCUT2D eigenvalue weighted by molar-refractivity contribution is 8.05. The molecule has 1 aliphatic heterocycles. The first-order chi connectivity index (χ1) is 16.4. The van der Waals surface area contributed by atoms with Gasteiger partial charge in [-0.25, -0.2) is 22.3 Å². The number of hydrogen-bond donors (Lipinski definition) is 2. The maximum Gasteiger partial charge on any atom is 0.352 e. The molecule has 184 valence electrons. The number of esters is 1. The molecule has 0 bridgehead atoms. The van der Waals surface area contributed by atoms with E-state index >= 15 is 0 Å². The number of rotatable bonds is 7. The van der Waals surface area contributed by atoms with Gasteiger partial charge in [0.15, 0.2) is 5.75 Å². The predicted molar refractivity (Wildman–Crippen MR) is 123 cm³/mol. The first-order valence-electron chi connectivity index (χ1n) is 9.87. The Morgan fingerprint density at radius 3 is 2.49 bits per heavy atom. The minimum absolute atomic E-state index is 0.0127. The number of aromatic carboxylic acids is 1. The standard InChI is InChI=1S/C21H19N3O9S2/c1-23-16(8-9-18(23)21(26)27)13-4-3-5-15(10-13)34(28,29)22-35(30,31)24-12-20(25)33-19-11-14(32-2)6-7-17(19)24/h3-11,22H,12H2,1-2H3,(H,26,27). The van der Waals surface area contributed by atoms with Crippen LogP contribution in [0.4, 0.5) is 5.69 Å². The normalized spacial score (nSPS) is 13.8. The number of nitrogens with one attached hydrogen (secondary N) is 1. The van der Waals surface area contributed by atoms with Gasteiger partial charge >= 0.3 is 22.1 Å². The second kappa shape index (κ2) is 8.72. The van der Waals surface area contributed by atoms with Crippen LogP contribution in [0.5, 0.6) is 11.5 Å². The van der Waals surface area contributed by atoms with Crippen molar-refractivity contribution in [2.45, 2.75) is 4.90 Å². The maximum atomic E-state index is 13.1. The van der Waals surface area contributed by atoms with Crippen LogP contribution in [0.15, 0.2) is 59.5 Å². The van der Waals surface area contributed by atoms with Crippen molar-refractivity contribution >= 4 is 37.9 Å². The number of hydrogen-bond acceptors (Lipinski definition) is 8. The number of carboxylic acid groups (broad SMARTS) is 1. The SMILES string of the molecule is COc1ccc2c(c1)OC(=O)CN2S(=O)(=O)NS(=O)(=O)c1cccc(-c2ccc(C(=O)O)n2C)c1. The third kappa shape index (κ3) is 4.58. The number of benzene rings is 2. The topological polar surface area (TPSA) is 161 Å². The number of nitrogens with zero attached hydrogens (tertiary/aromatic N) is 2. The van der Waals surface area contributed by atoms with Crippen LogP contribution in [0, 0.1) is 0 Å². The number of carboxylic acids is 1. The fourth-order valence-corrected chi connectivity index (χ4v) is 6.63. The van der Waals surface area contributed by atoms with Crippen LogP contribution in [0.25, 0.3) is 11.3 Å². The Kier molecular flexibility index (Phi) is 6.04. The molecule has 2 N–H and O–H groups in total. The molecule has 0 aliphatic carbocycles. The molecule has 12 nitrogen and oxygen atoms in total. The molecule has 1 aliphatic rings. The molecule has 35 heavy (non-hydrogen) atoms. The van der Waals surface area contributed by atoms with E-state index in [2.05, 4.69) is 0 Å². The predicted octanol–water partition coefficient (Wildman–Crippen LogP) is 1.35. The van der Waals surface area contributed by atoms with Crippen LogP contribution in [0.1, 0.15) is 10.5 Å². The van der Waals surface area contributed by atoms with Crippen molar-refractivity contribution in [1.29, 1.82) is 0 Å². The average Bonchev–Trinajstić information content (AvgIpc) is 3.19. The van der Waals surface area contributed by atoms with Gasteiger partial charge in [-0.05, 0) is 42.0 Å². The summed E-state index contributed by atoms with van der Waals surface area (Å²) < 4.78 is 65.8. The quantitative estimate of drug-likeness (QED) is 0.345. The first kappa shape index (κ1) is 24.3. The van der Waals surface area contributed by atoms with Crippen molar-refractivity contribution in [1.82, 2.24) is 8.69 Å². The molecule has 0 atom stereocenters. The van der Waals surface area contributed by atoms with Crippen LogP contribution in [0.3, 0.4) is 0 Å². The first-order valence-corrected chi connectivity index (χ1v) is 12.8. The Balaban J connectivity index is 1.68. The lowest BCUT2D eigenvalue weighted by atomic mass is 10.1. The summed E-state index contributed by atoms with van der Waals surface area (Å²) in [5.41, 5.74) is 0.691. The van der Waals surface area contributed by atoms with E-state index in [4.69, 9.17) is 9.47 Å². The monoisotopic (exact) mass is 521 g/mol. The summed E-state index contributed by atoms with van der Waals surface area (Å²) in [7, 11) is -6.53. The summed E-state index contributed by atoms with van der Waals surface area (Å²) in [5.74, 6) is -1.87. The number of ether oxygens (including phenoxy) is 2. The van der Waals surface area contributed by atoms with Crippen molar-refractivity contribution in [3.8, 4) is 22.8 Å². The molecule has 3 aromatic rings. The summed E-state index contributed by atoms with van der Waals surface area (Å²) in [6.07, 6.45) is 0. The zero-order valence-corrected chi connectivity index (χ0v) is 20.0. The molecule has 0 saturated heterocycles. The van der Waals surface area contributed by atoms with E-state index < -0.39 is 38.7 Å². The number of fused-ring (bicyclic) bond motifs is 1. The molecule has 0 saturated carbocycles. The zero-order valence-electron chi connectivity index (χ0n) is 18.3. The number of sulfonamides is 1. The number of carbonyl (C=O) groups is 2. The van der Waals surface area contributed by atoms with Crippen molar-refractivity contribution in [2.75, 3.05) is 18.0 Å². The lowest BCUT2D eigenvalue weighted by molar-refractivity contribution is -0.133. The molecular formula is C21H19N3O9S2. The largest absolute Gasteiger partial charge is 0.497 e. The Bertz CT molecular complexity index is 1560. The third-order valence-electron chi connectivity index (χ3n) is 5.22. The van der Waals surface area contributed by atoms with Crippen LogP contribution >= 0.6 is 0 Å². The number of anilines is 1. The Labute approximate surface area is 200 Å². The lowest BCUT2D eigenvalue weighted by Gasteiger charge is -2.29. The zero-order chi connectivity index (χ0) is 25.5. The van der Waals surface area contributed by atoms with Gasteiger partial charge in [-0.2, -0.15) is 8.42 Å². The van der Waals surface area contributed by atoms with E-state index in [0.29, 0.717) is 21.3 Å². The van der Waals surface area contributed by atoms with E-state index in [-0.39, 0.29) is 22.0 Å². The van der Waals surface area contributed by atoms with Crippen molar-refractivity contribution in [3.05, 3.63) is 60.3 Å². The van der Waals surface area contributed by atoms with Gasteiger partial charge < -0.3 is 19.1 Å². The highest BCUT2D eigenvalue weighted by Crippen LogP contribution is 2.36. The van der Waals surface area contributed by atoms with Gasteiger partial charge in [0.25, 0.3) is 10.0 Å². The van der Waals surface area contributed by atoms with Crippen LogP contribution in [0.2, 0.25) is 0 Å². The molecular weight excluding hydrogens is 502 g/mol. The third-order valence-corrected chi connectivity index (χ3v) is 8.72. The fraction of sp³-hybridized carbons (Fsp3) is 0.143. The van der Waals surface area contributed by atoms with Crippen molar-refractivity contribution < 1.29 is 41.0 Å². The van der Waals surface area contributed by atoms with Gasteiger partial charge in [0, 0.05) is 18.8 Å². The Morgan fingerprint density at radius 1 is 1.09 bits per heavy atom. The van der Waals surface area contributed by atoms with Crippen LogP contribution in [-0.4, -0.2) is 52.1 Å². The highest BCUT2D eigenvalue weighted by Gasteiger charge is 2.36. The summed E-state index contributed by atoms with van der Waals surface area (Å²) in [5, 5.41) is 9.24. The van der Waals surface area contributed by atoms with Crippen molar-refractivity contribution in [3.63, 3.8) is 0 Å². The minimum Gasteiger partial charge on any atom is -0.497 e. The van der Waals surface area contributed by atoms with E-state index in [0.717, 1.165) is 0 Å². The number of methoxy groups -OCH3 is 1. The minimum atomic E-state index is -4.78. The van der Waals surface area contributed by atoms with E-state index in [1.54, 1.807) is 10.2 Å². The smallest absolute Gasteiger partial charge is 0.352 e. The van der Waals surface area contributed by atoms with Gasteiger partial charge in [0.1, 0.15) is 18.0 Å². The van der Waals surface area contributed by atoms with Crippen LogP contribution < -0.4 is 17.9 Å². The summed E-state index contributed by atoms with van der Waals surface area (Å²) in [6.45, 7) is -0.745. The molecule has 0 spiro atoms. The molecule has 14 heteroatoms. The highest BCUT2D eigenvalue weighted by atomic mass is 32.3. The van der Waals surface area contributed by atoms with E-state index in [1.165, 1.54) is 67.3 Å². The van der Waals surface area contributed by atoms with Gasteiger partial charge in [0.05, 0.1) is 17.7 Å². The lowest BCUT2D eigenvalue weighted by Crippen LogP contribution is -2.48. The molecule has 0 fully saturated rings. The maximum absolute atomic E-state index is 13.1. The summed E-state index contributed by atoms with van der Waals surface area (Å²) >= 11 is 0. The van der Waals surface area contributed by atoms with Crippen LogP contribution in [-0.2, 0) is 32.1 Å². The van der Waals surface area contributed by atoms with Crippen molar-refractivity contribution in [2.24, 2.45) is 7.05 Å². The van der Waals surface area contributed by atoms with Gasteiger partial charge in [-0.1, -0.05) is 16.3 Å². The second-order valence-corrected chi connectivity index (χ2v) is 10.9. The summed E-state index contributed by atoms with van der Waals surface area (Å²) in [6, 6.07) is 12.3. The molecule has 2 heterocycles.